The summed E-state index contributed by atoms with van der Waals surface area (Å²) < 4.78 is 11.9. The van der Waals surface area contributed by atoms with E-state index in [4.69, 9.17) is 14.5 Å². The van der Waals surface area contributed by atoms with Crippen LogP contribution < -0.4 is 14.8 Å². The highest BCUT2D eigenvalue weighted by Crippen LogP contribution is 2.39. The van der Waals surface area contributed by atoms with Gasteiger partial charge in [0.25, 0.3) is 0 Å². The number of methoxy groups -OCH3 is 1. The van der Waals surface area contributed by atoms with Crippen LogP contribution in [0.3, 0.4) is 0 Å². The van der Waals surface area contributed by atoms with E-state index in [0.717, 1.165) is 67.7 Å². The zero-order chi connectivity index (χ0) is 20.3. The van der Waals surface area contributed by atoms with Crippen LogP contribution in [0.4, 0.5) is 5.82 Å². The van der Waals surface area contributed by atoms with Crippen molar-refractivity contribution in [1.29, 1.82) is 0 Å². The Balaban J connectivity index is 1.35. The monoisotopic (exact) mass is 409 g/mol. The Bertz CT molecular complexity index is 888. The fraction of sp³-hybridized carbons (Fsp3) is 0.640. The minimum atomic E-state index is 0.718. The molecule has 0 bridgehead atoms. The zero-order valence-electron chi connectivity index (χ0n) is 18.3. The first kappa shape index (κ1) is 19.9. The number of nitrogens with one attached hydrogen (secondary N) is 1. The molecular formula is C25H35N3O2. The summed E-state index contributed by atoms with van der Waals surface area (Å²) in [7, 11) is 1.74. The van der Waals surface area contributed by atoms with Gasteiger partial charge in [0.05, 0.1) is 19.2 Å². The van der Waals surface area contributed by atoms with Gasteiger partial charge < -0.3 is 19.7 Å². The van der Waals surface area contributed by atoms with Gasteiger partial charge in [-0.15, -0.1) is 0 Å². The first-order valence-electron chi connectivity index (χ1n) is 11.9. The molecule has 2 aliphatic carbocycles. The lowest BCUT2D eigenvalue weighted by Crippen LogP contribution is -2.22. The van der Waals surface area contributed by atoms with Crippen LogP contribution in [0, 0.1) is 5.92 Å². The third-order valence-corrected chi connectivity index (χ3v) is 7.20. The first-order valence-corrected chi connectivity index (χ1v) is 11.9. The lowest BCUT2D eigenvalue weighted by Gasteiger charge is -2.26. The van der Waals surface area contributed by atoms with Crippen molar-refractivity contribution in [2.75, 3.05) is 45.2 Å². The third kappa shape index (κ3) is 4.09. The Morgan fingerprint density at radius 2 is 1.87 bits per heavy atom. The average molecular weight is 410 g/mol. The molecule has 0 amide bonds. The number of fused-ring (bicyclic) bond motifs is 3. The first-order chi connectivity index (χ1) is 14.8. The molecular weight excluding hydrogens is 374 g/mol. The van der Waals surface area contributed by atoms with E-state index in [1.165, 1.54) is 68.1 Å². The topological polar surface area (TPSA) is 46.6 Å². The van der Waals surface area contributed by atoms with Crippen LogP contribution in [0.5, 0.6) is 11.5 Å². The number of likely N-dealkylation sites (tertiary alicyclic amines) is 1. The second kappa shape index (κ2) is 9.01. The Labute approximate surface area is 180 Å². The van der Waals surface area contributed by atoms with Gasteiger partial charge in [-0.05, 0) is 87.6 Å². The van der Waals surface area contributed by atoms with Gasteiger partial charge in [0, 0.05) is 24.5 Å². The Hall–Kier alpha value is -2.01. The minimum Gasteiger partial charge on any atom is -0.493 e. The molecule has 1 saturated carbocycles. The average Bonchev–Trinajstić information content (AvgIpc) is 3.41. The van der Waals surface area contributed by atoms with Gasteiger partial charge in [-0.25, -0.2) is 4.98 Å². The number of anilines is 1. The summed E-state index contributed by atoms with van der Waals surface area (Å²) in [5.41, 5.74) is 3.90. The number of aromatic nitrogens is 1. The molecule has 0 radical (unpaired) electrons. The van der Waals surface area contributed by atoms with Crippen molar-refractivity contribution >= 4 is 16.7 Å². The summed E-state index contributed by atoms with van der Waals surface area (Å²) in [4.78, 5) is 7.58. The fourth-order valence-electron chi connectivity index (χ4n) is 5.21. The Morgan fingerprint density at radius 3 is 2.63 bits per heavy atom. The number of nitrogens with zero attached hydrogens (tertiary/aromatic N) is 2. The molecule has 1 aromatic carbocycles. The lowest BCUT2D eigenvalue weighted by molar-refractivity contribution is 0.254. The van der Waals surface area contributed by atoms with Crippen LogP contribution in [0.25, 0.3) is 10.9 Å². The second-order valence-corrected chi connectivity index (χ2v) is 9.22. The number of pyridine rings is 1. The molecule has 5 rings (SSSR count). The SMILES string of the molecule is COc1cc2c3c(c(NCC4CCC4)nc2cc1OCCCN1CCCC1)CCC3. The van der Waals surface area contributed by atoms with E-state index in [9.17, 15) is 0 Å². The van der Waals surface area contributed by atoms with Crippen LogP contribution >= 0.6 is 0 Å². The van der Waals surface area contributed by atoms with E-state index in [1.54, 1.807) is 7.11 Å². The van der Waals surface area contributed by atoms with E-state index in [1.807, 2.05) is 0 Å². The van der Waals surface area contributed by atoms with E-state index < -0.39 is 0 Å². The molecule has 3 aliphatic rings. The van der Waals surface area contributed by atoms with Crippen molar-refractivity contribution in [2.45, 2.75) is 57.8 Å². The van der Waals surface area contributed by atoms with E-state index in [0.29, 0.717) is 0 Å². The molecule has 5 heteroatoms. The normalized spacial score (nSPS) is 19.1. The molecule has 5 nitrogen and oxygen atoms in total. The highest BCUT2D eigenvalue weighted by molar-refractivity contribution is 5.89. The summed E-state index contributed by atoms with van der Waals surface area (Å²) in [6.45, 7) is 5.38. The van der Waals surface area contributed by atoms with Gasteiger partial charge in [-0.3, -0.25) is 0 Å². The molecule has 1 N–H and O–H groups in total. The smallest absolute Gasteiger partial charge is 0.163 e. The maximum atomic E-state index is 6.17. The zero-order valence-corrected chi connectivity index (χ0v) is 18.3. The van der Waals surface area contributed by atoms with Crippen molar-refractivity contribution in [3.05, 3.63) is 23.3 Å². The van der Waals surface area contributed by atoms with Gasteiger partial charge in [-0.1, -0.05) is 6.42 Å². The Morgan fingerprint density at radius 1 is 1.03 bits per heavy atom. The highest BCUT2D eigenvalue weighted by atomic mass is 16.5. The van der Waals surface area contributed by atoms with E-state index in [-0.39, 0.29) is 0 Å². The summed E-state index contributed by atoms with van der Waals surface area (Å²) in [5.74, 6) is 3.58. The van der Waals surface area contributed by atoms with Crippen LogP contribution in [0.1, 0.15) is 56.1 Å². The van der Waals surface area contributed by atoms with Crippen molar-refractivity contribution in [1.82, 2.24) is 9.88 Å². The van der Waals surface area contributed by atoms with Gasteiger partial charge in [0.15, 0.2) is 11.5 Å². The second-order valence-electron chi connectivity index (χ2n) is 9.22. The van der Waals surface area contributed by atoms with E-state index >= 15 is 0 Å². The number of aryl methyl sites for hydroxylation is 1. The molecule has 1 saturated heterocycles. The number of hydrogen-bond donors (Lipinski definition) is 1. The largest absolute Gasteiger partial charge is 0.493 e. The quantitative estimate of drug-likeness (QED) is 0.602. The van der Waals surface area contributed by atoms with Gasteiger partial charge in [0.2, 0.25) is 0 Å². The summed E-state index contributed by atoms with van der Waals surface area (Å²) in [5, 5.41) is 4.92. The number of ether oxygens (including phenoxy) is 2. The maximum Gasteiger partial charge on any atom is 0.163 e. The molecule has 0 unspecified atom stereocenters. The molecule has 2 aromatic rings. The number of hydrogen-bond acceptors (Lipinski definition) is 5. The van der Waals surface area contributed by atoms with Crippen molar-refractivity contribution in [3.8, 4) is 11.5 Å². The van der Waals surface area contributed by atoms with Crippen LogP contribution in [-0.2, 0) is 12.8 Å². The fourth-order valence-corrected chi connectivity index (χ4v) is 5.21. The minimum absolute atomic E-state index is 0.718. The third-order valence-electron chi connectivity index (χ3n) is 7.20. The summed E-state index contributed by atoms with van der Waals surface area (Å²) in [6, 6.07) is 4.25. The summed E-state index contributed by atoms with van der Waals surface area (Å²) >= 11 is 0. The lowest BCUT2D eigenvalue weighted by atomic mass is 9.85. The Kier molecular flexibility index (Phi) is 5.98. The number of rotatable bonds is 9. The summed E-state index contributed by atoms with van der Waals surface area (Å²) in [6.07, 6.45) is 11.3. The van der Waals surface area contributed by atoms with Gasteiger partial charge in [-0.2, -0.15) is 0 Å². The van der Waals surface area contributed by atoms with Crippen molar-refractivity contribution in [3.63, 3.8) is 0 Å². The van der Waals surface area contributed by atoms with Crippen molar-refractivity contribution < 1.29 is 9.47 Å². The van der Waals surface area contributed by atoms with Gasteiger partial charge >= 0.3 is 0 Å². The van der Waals surface area contributed by atoms with E-state index in [2.05, 4.69) is 22.3 Å². The molecule has 2 fully saturated rings. The van der Waals surface area contributed by atoms with Crippen LogP contribution in [0.2, 0.25) is 0 Å². The van der Waals surface area contributed by atoms with Crippen molar-refractivity contribution in [2.24, 2.45) is 5.92 Å². The van der Waals surface area contributed by atoms with Crippen LogP contribution in [0.15, 0.2) is 12.1 Å². The molecule has 1 aliphatic heterocycles. The predicted molar refractivity (Wildman–Crippen MR) is 122 cm³/mol. The number of benzene rings is 1. The molecule has 0 spiro atoms. The standard InChI is InChI=1S/C25H35N3O2/c1-29-23-15-21-19-9-5-10-20(19)25(26-17-18-7-4-8-18)27-22(21)16-24(23)30-14-6-13-28-11-2-3-12-28/h15-16,18H,2-14,17H2,1H3,(H,26,27). The molecule has 0 atom stereocenters. The molecule has 162 valence electrons. The van der Waals surface area contributed by atoms with Gasteiger partial charge in [0.1, 0.15) is 5.82 Å². The molecule has 30 heavy (non-hydrogen) atoms. The maximum absolute atomic E-state index is 6.17. The highest BCUT2D eigenvalue weighted by Gasteiger charge is 2.23. The predicted octanol–water partition coefficient (Wildman–Crippen LogP) is 4.81. The molecule has 2 heterocycles. The molecule has 1 aromatic heterocycles. The van der Waals surface area contributed by atoms with Crippen LogP contribution in [-0.4, -0.2) is 49.8 Å².